The van der Waals surface area contributed by atoms with E-state index in [4.69, 9.17) is 5.11 Å². The first-order valence-corrected chi connectivity index (χ1v) is 4.02. The molecular formula is C8H12O2. The van der Waals surface area contributed by atoms with Crippen LogP contribution in [0.1, 0.15) is 25.7 Å². The number of aliphatic carboxylic acids is 1. The first-order valence-electron chi connectivity index (χ1n) is 4.02. The molecule has 10 heavy (non-hydrogen) atoms. The number of rotatable bonds is 1. The molecule has 0 aliphatic heterocycles. The van der Waals surface area contributed by atoms with Crippen molar-refractivity contribution in [2.75, 3.05) is 0 Å². The van der Waals surface area contributed by atoms with Gasteiger partial charge in [-0.25, -0.2) is 0 Å². The van der Waals surface area contributed by atoms with Crippen molar-refractivity contribution in [3.8, 4) is 0 Å². The van der Waals surface area contributed by atoms with Crippen molar-refractivity contribution in [1.29, 1.82) is 0 Å². The lowest BCUT2D eigenvalue weighted by Gasteiger charge is -2.37. The van der Waals surface area contributed by atoms with E-state index in [1.165, 1.54) is 19.3 Å². The Morgan fingerprint density at radius 3 is 2.80 bits per heavy atom. The standard InChI is InChI=1S/C8H12O2/c9-8(10)7-4-5-2-1-3-6(5)7/h5-7H,1-4H2,(H,9,10). The third kappa shape index (κ3) is 0.678. The lowest BCUT2D eigenvalue weighted by atomic mass is 9.67. The molecule has 2 nitrogen and oxygen atoms in total. The molecule has 0 saturated heterocycles. The maximum Gasteiger partial charge on any atom is 0.306 e. The molecule has 0 spiro atoms. The predicted octanol–water partition coefficient (Wildman–Crippen LogP) is 1.51. The summed E-state index contributed by atoms with van der Waals surface area (Å²) in [5, 5.41) is 8.68. The molecule has 0 aromatic rings. The second kappa shape index (κ2) is 1.97. The van der Waals surface area contributed by atoms with Gasteiger partial charge in [-0.05, 0) is 24.7 Å². The van der Waals surface area contributed by atoms with Crippen LogP contribution >= 0.6 is 0 Å². The van der Waals surface area contributed by atoms with E-state index < -0.39 is 5.97 Å². The predicted molar refractivity (Wildman–Crippen MR) is 36.6 cm³/mol. The van der Waals surface area contributed by atoms with Crippen molar-refractivity contribution in [3.05, 3.63) is 0 Å². The molecule has 0 aromatic heterocycles. The maximum absolute atomic E-state index is 10.5. The Bertz CT molecular complexity index is 165. The lowest BCUT2D eigenvalue weighted by molar-refractivity contribution is -0.150. The molecule has 2 fully saturated rings. The Morgan fingerprint density at radius 2 is 2.20 bits per heavy atom. The zero-order chi connectivity index (χ0) is 7.14. The molecule has 2 rings (SSSR count). The highest BCUT2D eigenvalue weighted by Crippen LogP contribution is 2.50. The zero-order valence-electron chi connectivity index (χ0n) is 5.92. The Kier molecular flexibility index (Phi) is 1.22. The van der Waals surface area contributed by atoms with E-state index in [9.17, 15) is 4.79 Å². The molecule has 0 radical (unpaired) electrons. The van der Waals surface area contributed by atoms with Crippen LogP contribution in [0.25, 0.3) is 0 Å². The van der Waals surface area contributed by atoms with Crippen molar-refractivity contribution < 1.29 is 9.90 Å². The van der Waals surface area contributed by atoms with Crippen LogP contribution in [-0.4, -0.2) is 11.1 Å². The molecule has 3 unspecified atom stereocenters. The highest BCUT2D eigenvalue weighted by atomic mass is 16.4. The van der Waals surface area contributed by atoms with Gasteiger partial charge in [0.15, 0.2) is 0 Å². The fraction of sp³-hybridized carbons (Fsp3) is 0.875. The minimum Gasteiger partial charge on any atom is -0.481 e. The van der Waals surface area contributed by atoms with Crippen LogP contribution in [0, 0.1) is 17.8 Å². The highest BCUT2D eigenvalue weighted by Gasteiger charge is 2.47. The summed E-state index contributed by atoms with van der Waals surface area (Å²) in [6.45, 7) is 0. The Morgan fingerprint density at radius 1 is 1.40 bits per heavy atom. The van der Waals surface area contributed by atoms with E-state index in [1.807, 2.05) is 0 Å². The topological polar surface area (TPSA) is 37.3 Å². The highest BCUT2D eigenvalue weighted by molar-refractivity contribution is 5.71. The molecular weight excluding hydrogens is 128 g/mol. The van der Waals surface area contributed by atoms with E-state index in [2.05, 4.69) is 0 Å². The summed E-state index contributed by atoms with van der Waals surface area (Å²) in [4.78, 5) is 10.5. The fourth-order valence-electron chi connectivity index (χ4n) is 2.48. The summed E-state index contributed by atoms with van der Waals surface area (Å²) in [6, 6.07) is 0. The summed E-state index contributed by atoms with van der Waals surface area (Å²) in [6.07, 6.45) is 4.68. The SMILES string of the molecule is O=C(O)C1CC2CCCC21. The van der Waals surface area contributed by atoms with Gasteiger partial charge in [0.1, 0.15) is 0 Å². The van der Waals surface area contributed by atoms with Crippen molar-refractivity contribution in [3.63, 3.8) is 0 Å². The van der Waals surface area contributed by atoms with Crippen molar-refractivity contribution in [1.82, 2.24) is 0 Å². The largest absolute Gasteiger partial charge is 0.481 e. The first kappa shape index (κ1) is 6.20. The van der Waals surface area contributed by atoms with Gasteiger partial charge in [-0.2, -0.15) is 0 Å². The summed E-state index contributed by atoms with van der Waals surface area (Å²) in [5.41, 5.74) is 0. The van der Waals surface area contributed by atoms with Crippen LogP contribution in [-0.2, 0) is 4.79 Å². The second-order valence-electron chi connectivity index (χ2n) is 3.54. The van der Waals surface area contributed by atoms with Gasteiger partial charge in [0.25, 0.3) is 0 Å². The summed E-state index contributed by atoms with van der Waals surface area (Å²) in [7, 11) is 0. The van der Waals surface area contributed by atoms with Crippen molar-refractivity contribution in [2.45, 2.75) is 25.7 Å². The lowest BCUT2D eigenvalue weighted by Crippen LogP contribution is -2.37. The zero-order valence-corrected chi connectivity index (χ0v) is 5.92. The number of hydrogen-bond acceptors (Lipinski definition) is 1. The van der Waals surface area contributed by atoms with Crippen molar-refractivity contribution >= 4 is 5.97 Å². The molecule has 3 atom stereocenters. The van der Waals surface area contributed by atoms with Crippen molar-refractivity contribution in [2.24, 2.45) is 17.8 Å². The second-order valence-corrected chi connectivity index (χ2v) is 3.54. The van der Waals surface area contributed by atoms with E-state index >= 15 is 0 Å². The third-order valence-corrected chi connectivity index (χ3v) is 3.11. The van der Waals surface area contributed by atoms with E-state index in [1.54, 1.807) is 0 Å². The first-order chi connectivity index (χ1) is 4.79. The maximum atomic E-state index is 10.5. The monoisotopic (exact) mass is 140 g/mol. The Hall–Kier alpha value is -0.530. The quantitative estimate of drug-likeness (QED) is 0.599. The van der Waals surface area contributed by atoms with Gasteiger partial charge < -0.3 is 5.11 Å². The molecule has 0 amide bonds. The van der Waals surface area contributed by atoms with Gasteiger partial charge in [-0.1, -0.05) is 12.8 Å². The van der Waals surface area contributed by atoms with Crippen LogP contribution in [0.2, 0.25) is 0 Å². The van der Waals surface area contributed by atoms with E-state index in [-0.39, 0.29) is 5.92 Å². The Balaban J connectivity index is 2.00. The minimum atomic E-state index is -0.567. The molecule has 56 valence electrons. The minimum absolute atomic E-state index is 0.0208. The third-order valence-electron chi connectivity index (χ3n) is 3.11. The average molecular weight is 140 g/mol. The fourth-order valence-corrected chi connectivity index (χ4v) is 2.48. The molecule has 0 heterocycles. The van der Waals surface area contributed by atoms with Gasteiger partial charge in [0.05, 0.1) is 5.92 Å². The number of carboxylic acids is 1. The van der Waals surface area contributed by atoms with Crippen LogP contribution in [0.4, 0.5) is 0 Å². The molecule has 2 heteroatoms. The normalized spacial score (nSPS) is 44.2. The molecule has 2 aliphatic rings. The number of hydrogen-bond donors (Lipinski definition) is 1. The van der Waals surface area contributed by atoms with Gasteiger partial charge in [0, 0.05) is 0 Å². The average Bonchev–Trinajstić information content (AvgIpc) is 2.11. The summed E-state index contributed by atoms with van der Waals surface area (Å²) < 4.78 is 0. The number of carboxylic acid groups (broad SMARTS) is 1. The van der Waals surface area contributed by atoms with Gasteiger partial charge in [0.2, 0.25) is 0 Å². The smallest absolute Gasteiger partial charge is 0.306 e. The molecule has 0 aromatic carbocycles. The molecule has 2 saturated carbocycles. The van der Waals surface area contributed by atoms with Gasteiger partial charge in [-0.3, -0.25) is 4.79 Å². The summed E-state index contributed by atoms with van der Waals surface area (Å²) >= 11 is 0. The summed E-state index contributed by atoms with van der Waals surface area (Å²) in [5.74, 6) is 0.786. The van der Waals surface area contributed by atoms with Crippen LogP contribution in [0.5, 0.6) is 0 Å². The van der Waals surface area contributed by atoms with Crippen LogP contribution < -0.4 is 0 Å². The van der Waals surface area contributed by atoms with E-state index in [0.717, 1.165) is 12.3 Å². The molecule has 2 aliphatic carbocycles. The number of carbonyl (C=O) groups is 1. The van der Waals surface area contributed by atoms with Crippen LogP contribution in [0.15, 0.2) is 0 Å². The molecule has 1 N–H and O–H groups in total. The van der Waals surface area contributed by atoms with Crippen LogP contribution in [0.3, 0.4) is 0 Å². The molecule has 0 bridgehead atoms. The van der Waals surface area contributed by atoms with Gasteiger partial charge >= 0.3 is 5.97 Å². The number of fused-ring (bicyclic) bond motifs is 1. The Labute approximate surface area is 60.2 Å². The van der Waals surface area contributed by atoms with E-state index in [0.29, 0.717) is 5.92 Å². The van der Waals surface area contributed by atoms with Gasteiger partial charge in [-0.15, -0.1) is 0 Å².